The van der Waals surface area contributed by atoms with E-state index in [2.05, 4.69) is 11.7 Å². The summed E-state index contributed by atoms with van der Waals surface area (Å²) in [6.45, 7) is 5.26. The van der Waals surface area contributed by atoms with Gasteiger partial charge in [-0.3, -0.25) is 4.79 Å². The van der Waals surface area contributed by atoms with Gasteiger partial charge in [0, 0.05) is 6.92 Å². The van der Waals surface area contributed by atoms with Crippen molar-refractivity contribution in [2.75, 3.05) is 6.61 Å². The molecule has 0 saturated carbocycles. The molecule has 0 radical (unpaired) electrons. The number of hydrogen-bond acceptors (Lipinski definition) is 4. The highest BCUT2D eigenvalue weighted by Crippen LogP contribution is 1.86. The van der Waals surface area contributed by atoms with Crippen molar-refractivity contribution in [1.82, 2.24) is 0 Å². The second-order valence-electron chi connectivity index (χ2n) is 2.71. The third kappa shape index (κ3) is 17.1. The first-order valence-electron chi connectivity index (χ1n) is 4.46. The van der Waals surface area contributed by atoms with Crippen molar-refractivity contribution in [3.05, 3.63) is 0 Å². The van der Waals surface area contributed by atoms with E-state index in [4.69, 9.17) is 10.2 Å². The minimum atomic E-state index is -1.23. The molecule has 0 aliphatic heterocycles. The van der Waals surface area contributed by atoms with Crippen LogP contribution in [0.25, 0.3) is 0 Å². The van der Waals surface area contributed by atoms with Crippen molar-refractivity contribution in [2.24, 2.45) is 0 Å². The lowest BCUT2D eigenvalue weighted by atomic mass is 10.4. The molecular weight excluding hydrogens is 188 g/mol. The van der Waals surface area contributed by atoms with Gasteiger partial charge in [-0.15, -0.1) is 0 Å². The molecule has 0 aromatic carbocycles. The maximum atomic E-state index is 10.1. The van der Waals surface area contributed by atoms with E-state index < -0.39 is 12.1 Å². The van der Waals surface area contributed by atoms with Gasteiger partial charge in [-0.1, -0.05) is 13.3 Å². The van der Waals surface area contributed by atoms with E-state index in [-0.39, 0.29) is 5.97 Å². The zero-order valence-corrected chi connectivity index (χ0v) is 8.82. The van der Waals surface area contributed by atoms with Crippen molar-refractivity contribution in [3.63, 3.8) is 0 Å². The Kier molecular flexibility index (Phi) is 11.0. The number of hydrogen-bond donors (Lipinski definition) is 2. The average Bonchev–Trinajstić information content (AvgIpc) is 2.05. The Morgan fingerprint density at radius 2 is 1.86 bits per heavy atom. The Hall–Kier alpha value is -1.10. The van der Waals surface area contributed by atoms with E-state index in [1.807, 2.05) is 0 Å². The van der Waals surface area contributed by atoms with Gasteiger partial charge in [0.15, 0.2) is 0 Å². The maximum absolute atomic E-state index is 10.1. The van der Waals surface area contributed by atoms with E-state index in [0.29, 0.717) is 6.61 Å². The van der Waals surface area contributed by atoms with Crippen LogP contribution in [0.4, 0.5) is 0 Å². The van der Waals surface area contributed by atoms with Gasteiger partial charge in [0.2, 0.25) is 0 Å². The monoisotopic (exact) mass is 206 g/mol. The van der Waals surface area contributed by atoms with Crippen molar-refractivity contribution in [3.8, 4) is 0 Å². The largest absolute Gasteiger partial charge is 0.479 e. The summed E-state index contributed by atoms with van der Waals surface area (Å²) in [6, 6.07) is 0. The minimum absolute atomic E-state index is 0.182. The van der Waals surface area contributed by atoms with Gasteiger partial charge in [-0.25, -0.2) is 4.79 Å². The first-order chi connectivity index (χ1) is 6.41. The molecule has 0 aromatic rings. The molecule has 2 N–H and O–H groups in total. The summed E-state index contributed by atoms with van der Waals surface area (Å²) >= 11 is 0. The highest BCUT2D eigenvalue weighted by atomic mass is 16.5. The van der Waals surface area contributed by atoms with Crippen molar-refractivity contribution in [2.45, 2.75) is 39.7 Å². The molecule has 5 nitrogen and oxygen atoms in total. The number of ether oxygens (including phenoxy) is 1. The summed E-state index contributed by atoms with van der Waals surface area (Å²) in [6.07, 6.45) is 0.817. The Bertz CT molecular complexity index is 165. The summed E-state index contributed by atoms with van der Waals surface area (Å²) in [5.41, 5.74) is 0. The zero-order valence-electron chi connectivity index (χ0n) is 8.82. The predicted octanol–water partition coefficient (Wildman–Crippen LogP) is 0.801. The molecule has 0 amide bonds. The number of carboxylic acids is 1. The summed E-state index contributed by atoms with van der Waals surface area (Å²) in [4.78, 5) is 19.5. The second-order valence-corrected chi connectivity index (χ2v) is 2.71. The van der Waals surface area contributed by atoms with Crippen LogP contribution in [0.5, 0.6) is 0 Å². The van der Waals surface area contributed by atoms with Crippen LogP contribution in [0, 0.1) is 0 Å². The smallest absolute Gasteiger partial charge is 0.332 e. The molecule has 0 aliphatic rings. The molecule has 0 bridgehead atoms. The van der Waals surface area contributed by atoms with Gasteiger partial charge in [-0.2, -0.15) is 0 Å². The number of aliphatic hydroxyl groups excluding tert-OH is 1. The predicted molar refractivity (Wildman–Crippen MR) is 50.9 cm³/mol. The number of carbonyl (C=O) groups is 2. The lowest BCUT2D eigenvalue weighted by Crippen LogP contribution is -2.13. The number of rotatable bonds is 4. The van der Waals surface area contributed by atoms with Gasteiger partial charge < -0.3 is 14.9 Å². The topological polar surface area (TPSA) is 83.8 Å². The number of aliphatic hydroxyl groups is 1. The van der Waals surface area contributed by atoms with Crippen molar-refractivity contribution >= 4 is 11.9 Å². The molecule has 1 atom stereocenters. The van der Waals surface area contributed by atoms with Crippen LogP contribution in [0.2, 0.25) is 0 Å². The van der Waals surface area contributed by atoms with Crippen LogP contribution in [0.1, 0.15) is 33.6 Å². The lowest BCUT2D eigenvalue weighted by Gasteiger charge is -1.96. The standard InChI is InChI=1S/C6H12O2.C3H6O3/c1-3-4-5-8-6(2)7;1-2(4)3(5)6/h3-5H2,1-2H3;2,4H,1H3,(H,5,6). The highest BCUT2D eigenvalue weighted by Gasteiger charge is 2.01. The Balaban J connectivity index is 0. The van der Waals surface area contributed by atoms with Crippen LogP contribution < -0.4 is 0 Å². The first kappa shape index (κ1) is 15.4. The molecule has 0 aliphatic carbocycles. The third-order valence-corrected chi connectivity index (χ3v) is 1.16. The molecule has 5 heteroatoms. The number of carboxylic acid groups (broad SMARTS) is 1. The first-order valence-corrected chi connectivity index (χ1v) is 4.46. The quantitative estimate of drug-likeness (QED) is 0.525. The zero-order chi connectivity index (χ0) is 11.6. The fraction of sp³-hybridized carbons (Fsp3) is 0.778. The van der Waals surface area contributed by atoms with Gasteiger partial charge in [0.25, 0.3) is 0 Å². The Morgan fingerprint density at radius 3 is 2.07 bits per heavy atom. The fourth-order valence-corrected chi connectivity index (χ4v) is 0.360. The molecule has 0 heterocycles. The highest BCUT2D eigenvalue weighted by molar-refractivity contribution is 5.71. The summed E-state index contributed by atoms with van der Waals surface area (Å²) < 4.78 is 4.64. The number of unbranched alkanes of at least 4 members (excludes halogenated alkanes) is 1. The number of aliphatic carboxylic acids is 1. The van der Waals surface area contributed by atoms with E-state index in [9.17, 15) is 9.59 Å². The van der Waals surface area contributed by atoms with Gasteiger partial charge in [-0.05, 0) is 13.3 Å². The summed E-state index contributed by atoms with van der Waals surface area (Å²) in [7, 11) is 0. The number of esters is 1. The molecule has 0 saturated heterocycles. The van der Waals surface area contributed by atoms with Crippen LogP contribution in [0.3, 0.4) is 0 Å². The van der Waals surface area contributed by atoms with Crippen LogP contribution in [0.15, 0.2) is 0 Å². The molecule has 0 spiro atoms. The molecule has 14 heavy (non-hydrogen) atoms. The van der Waals surface area contributed by atoms with Crippen LogP contribution in [-0.2, 0) is 14.3 Å². The van der Waals surface area contributed by atoms with E-state index >= 15 is 0 Å². The summed E-state index contributed by atoms with van der Waals surface area (Å²) in [5.74, 6) is -1.37. The minimum Gasteiger partial charge on any atom is -0.479 e. The molecular formula is C9H18O5. The maximum Gasteiger partial charge on any atom is 0.332 e. The van der Waals surface area contributed by atoms with Gasteiger partial charge in [0.1, 0.15) is 6.10 Å². The van der Waals surface area contributed by atoms with E-state index in [1.165, 1.54) is 13.8 Å². The Morgan fingerprint density at radius 1 is 1.43 bits per heavy atom. The molecule has 0 rings (SSSR count). The van der Waals surface area contributed by atoms with Gasteiger partial charge in [0.05, 0.1) is 6.61 Å². The van der Waals surface area contributed by atoms with E-state index in [0.717, 1.165) is 12.8 Å². The fourth-order valence-electron chi connectivity index (χ4n) is 0.360. The second kappa shape index (κ2) is 9.98. The SMILES string of the molecule is CC(O)C(=O)O.CCCCOC(C)=O. The third-order valence-electron chi connectivity index (χ3n) is 1.16. The normalized spacial score (nSPS) is 10.9. The Labute approximate surface area is 83.7 Å². The number of carbonyl (C=O) groups excluding carboxylic acids is 1. The molecule has 0 aromatic heterocycles. The van der Waals surface area contributed by atoms with Crippen LogP contribution >= 0.6 is 0 Å². The van der Waals surface area contributed by atoms with Crippen molar-refractivity contribution < 1.29 is 24.5 Å². The van der Waals surface area contributed by atoms with Gasteiger partial charge >= 0.3 is 11.9 Å². The average molecular weight is 206 g/mol. The van der Waals surface area contributed by atoms with Crippen molar-refractivity contribution in [1.29, 1.82) is 0 Å². The molecule has 0 fully saturated rings. The van der Waals surface area contributed by atoms with E-state index in [1.54, 1.807) is 0 Å². The molecule has 84 valence electrons. The van der Waals surface area contributed by atoms with Crippen LogP contribution in [-0.4, -0.2) is 34.9 Å². The lowest BCUT2D eigenvalue weighted by molar-refractivity contribution is -0.145. The molecule has 1 unspecified atom stereocenters. The summed E-state index contributed by atoms with van der Waals surface area (Å²) in [5, 5.41) is 15.8.